The van der Waals surface area contributed by atoms with Crippen LogP contribution < -0.4 is 4.74 Å². The zero-order chi connectivity index (χ0) is 31.8. The van der Waals surface area contributed by atoms with Crippen LogP contribution in [-0.2, 0) is 22.6 Å². The second-order valence-electron chi connectivity index (χ2n) is 10.3. The minimum Gasteiger partial charge on any atom is -0.490 e. The van der Waals surface area contributed by atoms with Gasteiger partial charge in [-0.05, 0) is 30.5 Å². The number of hydrogen-bond acceptors (Lipinski definition) is 8. The second kappa shape index (κ2) is 12.4. The van der Waals surface area contributed by atoms with Crippen LogP contribution in [0.25, 0.3) is 43.9 Å². The molecule has 5 heterocycles. The zero-order valence-corrected chi connectivity index (χ0v) is 25.0. The summed E-state index contributed by atoms with van der Waals surface area (Å²) in [4.78, 5) is 26.7. The summed E-state index contributed by atoms with van der Waals surface area (Å²) in [6, 6.07) is 5.21. The average Bonchev–Trinajstić information content (AvgIpc) is 3.67. The van der Waals surface area contributed by atoms with Gasteiger partial charge in [-0.25, -0.2) is 32.5 Å². The lowest BCUT2D eigenvalue weighted by molar-refractivity contribution is -0.129. The van der Waals surface area contributed by atoms with E-state index in [0.717, 1.165) is 12.1 Å². The second-order valence-corrected chi connectivity index (χ2v) is 11.2. The molecule has 6 rings (SSSR count). The van der Waals surface area contributed by atoms with E-state index in [2.05, 4.69) is 16.5 Å². The minimum absolute atomic E-state index is 0.0263. The van der Waals surface area contributed by atoms with Crippen molar-refractivity contribution in [3.8, 4) is 39.5 Å². The first kappa shape index (κ1) is 30.3. The Balaban J connectivity index is 1.61. The predicted octanol–water partition coefficient (Wildman–Crippen LogP) is 6.44. The quantitative estimate of drug-likeness (QED) is 0.104. The molecule has 9 nitrogen and oxygen atoms in total. The van der Waals surface area contributed by atoms with Gasteiger partial charge in [-0.15, -0.1) is 11.3 Å². The van der Waals surface area contributed by atoms with Gasteiger partial charge in [0.05, 0.1) is 36.6 Å². The van der Waals surface area contributed by atoms with Crippen molar-refractivity contribution in [3.63, 3.8) is 0 Å². The van der Waals surface area contributed by atoms with Gasteiger partial charge < -0.3 is 14.4 Å². The summed E-state index contributed by atoms with van der Waals surface area (Å²) in [6.07, 6.45) is 0.918. The first-order valence-corrected chi connectivity index (χ1v) is 14.7. The SMILES string of the molecule is C=CC(=O)N1Cc2cc(-c3nc(-c4cnc(C(F)F)nc4)c4ccsc4c3-c3c(F)cc(F)cc3OCCOC)nn2C[C@H]1C. The molecule has 0 unspecified atom stereocenters. The molecule has 45 heavy (non-hydrogen) atoms. The zero-order valence-electron chi connectivity index (χ0n) is 24.1. The Morgan fingerprint density at radius 1 is 1.16 bits per heavy atom. The summed E-state index contributed by atoms with van der Waals surface area (Å²) in [5.41, 5.74) is 2.29. The smallest absolute Gasteiger partial charge is 0.297 e. The van der Waals surface area contributed by atoms with Crippen molar-refractivity contribution in [1.82, 2.24) is 29.6 Å². The van der Waals surface area contributed by atoms with E-state index in [-0.39, 0.29) is 48.7 Å². The first-order chi connectivity index (χ1) is 21.7. The van der Waals surface area contributed by atoms with Gasteiger partial charge in [0.2, 0.25) is 5.91 Å². The number of benzene rings is 1. The lowest BCUT2D eigenvalue weighted by Gasteiger charge is -2.33. The molecule has 1 amide bonds. The van der Waals surface area contributed by atoms with Gasteiger partial charge in [0.15, 0.2) is 5.82 Å². The highest BCUT2D eigenvalue weighted by atomic mass is 32.1. The standard InChI is InChI=1S/C31H26F4N6O3S/c1-4-24(42)40-15-19-11-22(39-41(19)14-16(40)2)28-26(25-21(33)9-18(32)10-23(25)44-7-6-43-3)29-20(5-8-45-29)27(38-28)17-12-36-31(30(34)35)37-13-17/h4-5,8-13,16,30H,1,6-7,14-15H2,2-3H3/t16-/m1/s1. The number of fused-ring (bicyclic) bond motifs is 2. The number of pyridine rings is 1. The Kier molecular flexibility index (Phi) is 8.34. The number of alkyl halides is 2. The molecule has 0 radical (unpaired) electrons. The summed E-state index contributed by atoms with van der Waals surface area (Å²) >= 11 is 1.29. The topological polar surface area (TPSA) is 95.3 Å². The molecule has 0 spiro atoms. The number of rotatable bonds is 9. The summed E-state index contributed by atoms with van der Waals surface area (Å²) in [7, 11) is 1.48. The van der Waals surface area contributed by atoms with Crippen molar-refractivity contribution < 1.29 is 31.8 Å². The van der Waals surface area contributed by atoms with Crippen molar-refractivity contribution in [1.29, 1.82) is 0 Å². The molecule has 0 saturated heterocycles. The molecule has 1 aliphatic heterocycles. The molecule has 0 fully saturated rings. The number of methoxy groups -OCH3 is 1. The Bertz CT molecular complexity index is 1910. The third-order valence-corrected chi connectivity index (χ3v) is 8.36. The van der Waals surface area contributed by atoms with Gasteiger partial charge in [-0.3, -0.25) is 9.48 Å². The minimum atomic E-state index is -2.85. The van der Waals surface area contributed by atoms with Gasteiger partial charge in [-0.2, -0.15) is 5.10 Å². The van der Waals surface area contributed by atoms with Crippen LogP contribution in [0.1, 0.15) is 24.9 Å². The van der Waals surface area contributed by atoms with E-state index in [9.17, 15) is 18.0 Å². The number of ether oxygens (including phenoxy) is 2. The van der Waals surface area contributed by atoms with Crippen molar-refractivity contribution in [2.75, 3.05) is 20.3 Å². The van der Waals surface area contributed by atoms with Crippen LogP contribution in [0.4, 0.5) is 17.6 Å². The summed E-state index contributed by atoms with van der Waals surface area (Å²) < 4.78 is 70.1. The van der Waals surface area contributed by atoms with E-state index in [0.29, 0.717) is 44.8 Å². The lowest BCUT2D eigenvalue weighted by atomic mass is 9.97. The average molecular weight is 639 g/mol. The molecule has 0 N–H and O–H groups in total. The third-order valence-electron chi connectivity index (χ3n) is 7.43. The van der Waals surface area contributed by atoms with E-state index in [1.54, 1.807) is 27.1 Å². The van der Waals surface area contributed by atoms with Crippen LogP contribution in [-0.4, -0.2) is 61.9 Å². The molecule has 1 aliphatic rings. The van der Waals surface area contributed by atoms with Crippen molar-refractivity contribution >= 4 is 27.3 Å². The maximum absolute atomic E-state index is 15.9. The molecule has 4 aromatic heterocycles. The van der Waals surface area contributed by atoms with Crippen LogP contribution in [0.15, 0.2) is 54.7 Å². The predicted molar refractivity (Wildman–Crippen MR) is 160 cm³/mol. The van der Waals surface area contributed by atoms with Gasteiger partial charge in [-0.1, -0.05) is 6.58 Å². The number of nitrogens with zero attached hydrogens (tertiary/aromatic N) is 6. The highest BCUT2D eigenvalue weighted by molar-refractivity contribution is 7.18. The third kappa shape index (κ3) is 5.66. The van der Waals surface area contributed by atoms with Crippen LogP contribution in [0.2, 0.25) is 0 Å². The first-order valence-electron chi connectivity index (χ1n) is 13.8. The van der Waals surface area contributed by atoms with E-state index in [1.165, 1.54) is 36.9 Å². The molecule has 1 aromatic carbocycles. The molecule has 232 valence electrons. The number of aromatic nitrogens is 5. The van der Waals surface area contributed by atoms with Crippen molar-refractivity contribution in [3.05, 3.63) is 77.8 Å². The molecule has 0 bridgehead atoms. The lowest BCUT2D eigenvalue weighted by Crippen LogP contribution is -2.44. The molecule has 0 aliphatic carbocycles. The Hall–Kier alpha value is -4.69. The Morgan fingerprint density at radius 2 is 1.93 bits per heavy atom. The summed E-state index contributed by atoms with van der Waals surface area (Å²) in [5, 5.41) is 7.15. The van der Waals surface area contributed by atoms with Crippen LogP contribution in [0, 0.1) is 11.6 Å². The van der Waals surface area contributed by atoms with E-state index >= 15 is 4.39 Å². The highest BCUT2D eigenvalue weighted by Crippen LogP contribution is 2.47. The normalized spacial score (nSPS) is 14.6. The van der Waals surface area contributed by atoms with E-state index in [4.69, 9.17) is 19.6 Å². The molecular formula is C31H26F4N6O3S. The van der Waals surface area contributed by atoms with Crippen LogP contribution in [0.3, 0.4) is 0 Å². The fourth-order valence-corrected chi connectivity index (χ4v) is 6.27. The Morgan fingerprint density at radius 3 is 2.64 bits per heavy atom. The summed E-state index contributed by atoms with van der Waals surface area (Å²) in [6.45, 7) is 6.33. The largest absolute Gasteiger partial charge is 0.490 e. The molecule has 5 aromatic rings. The van der Waals surface area contributed by atoms with Gasteiger partial charge in [0.1, 0.15) is 35.4 Å². The van der Waals surface area contributed by atoms with Crippen LogP contribution >= 0.6 is 11.3 Å². The van der Waals surface area contributed by atoms with E-state index < -0.39 is 23.9 Å². The fourth-order valence-electron chi connectivity index (χ4n) is 5.32. The molecular weight excluding hydrogens is 612 g/mol. The molecule has 14 heteroatoms. The van der Waals surface area contributed by atoms with Crippen molar-refractivity contribution in [2.45, 2.75) is 32.5 Å². The number of hydrogen-bond donors (Lipinski definition) is 0. The fraction of sp³-hybridized carbons (Fsp3) is 0.258. The maximum atomic E-state index is 15.9. The number of carbonyl (C=O) groups excluding carboxylic acids is 1. The number of amides is 1. The maximum Gasteiger partial charge on any atom is 0.297 e. The monoisotopic (exact) mass is 638 g/mol. The summed E-state index contributed by atoms with van der Waals surface area (Å²) in [5.74, 6) is -2.61. The van der Waals surface area contributed by atoms with Crippen LogP contribution in [0.5, 0.6) is 5.75 Å². The van der Waals surface area contributed by atoms with Gasteiger partial charge in [0.25, 0.3) is 6.43 Å². The number of carbonyl (C=O) groups is 1. The highest BCUT2D eigenvalue weighted by Gasteiger charge is 2.30. The Labute approximate surface area is 258 Å². The van der Waals surface area contributed by atoms with Gasteiger partial charge >= 0.3 is 0 Å². The van der Waals surface area contributed by atoms with Gasteiger partial charge in [0, 0.05) is 58.9 Å². The van der Waals surface area contributed by atoms with E-state index in [1.807, 2.05) is 6.92 Å². The molecule has 0 saturated carbocycles. The van der Waals surface area contributed by atoms with Crippen molar-refractivity contribution in [2.24, 2.45) is 0 Å². The number of halogens is 4. The molecule has 1 atom stereocenters. The number of thiophene rings is 1.